The van der Waals surface area contributed by atoms with Gasteiger partial charge in [0.2, 0.25) is 0 Å². The first-order valence-corrected chi connectivity index (χ1v) is 18.1. The van der Waals surface area contributed by atoms with Crippen molar-refractivity contribution in [3.05, 3.63) is 164 Å². The molecule has 11 aromatic rings. The molecule has 0 spiro atoms. The third kappa shape index (κ3) is 4.24. The summed E-state index contributed by atoms with van der Waals surface area (Å²) in [6.07, 6.45) is 0. The van der Waals surface area contributed by atoms with Gasteiger partial charge < -0.3 is 8.83 Å². The lowest BCUT2D eigenvalue weighted by atomic mass is 10.00. The van der Waals surface area contributed by atoms with Gasteiger partial charge in [0.05, 0.1) is 0 Å². The topological polar surface area (TPSA) is 65.0 Å². The van der Waals surface area contributed by atoms with Gasteiger partial charge in [-0.3, -0.25) is 0 Å². The van der Waals surface area contributed by atoms with Crippen LogP contribution in [0, 0.1) is 0 Å². The van der Waals surface area contributed by atoms with E-state index in [1.54, 1.807) is 0 Å². The van der Waals surface area contributed by atoms with Crippen molar-refractivity contribution >= 4 is 54.6 Å². The monoisotopic (exact) mass is 689 g/mol. The number of rotatable bonds is 4. The molecule has 0 fully saturated rings. The Bertz CT molecular complexity index is 3330. The summed E-state index contributed by atoms with van der Waals surface area (Å²) in [5, 5.41) is 6.51. The SMILES string of the molecule is c1ccc(-c2ccc3oc4cccc(-c5nc(-c6ccc7c(c6)-c6cccc8cccc-7c68)nc(-c6cccc7oc8ccccc8c67)n5)c4c3c2)cc1. The van der Waals surface area contributed by atoms with E-state index in [0.717, 1.165) is 71.7 Å². The van der Waals surface area contributed by atoms with Crippen molar-refractivity contribution in [1.29, 1.82) is 0 Å². The molecule has 0 bridgehead atoms. The predicted octanol–water partition coefficient (Wildman–Crippen LogP) is 13.1. The van der Waals surface area contributed by atoms with Crippen LogP contribution in [0.2, 0.25) is 0 Å². The van der Waals surface area contributed by atoms with Crippen molar-refractivity contribution in [3.8, 4) is 67.5 Å². The fourth-order valence-electron chi connectivity index (χ4n) is 8.46. The molecule has 0 unspecified atom stereocenters. The number of nitrogens with zero attached hydrogens (tertiary/aromatic N) is 3. The van der Waals surface area contributed by atoms with Crippen LogP contribution in [0.5, 0.6) is 0 Å². The summed E-state index contributed by atoms with van der Waals surface area (Å²) >= 11 is 0. The first-order chi connectivity index (χ1) is 26.7. The van der Waals surface area contributed by atoms with Crippen LogP contribution < -0.4 is 0 Å². The van der Waals surface area contributed by atoms with Gasteiger partial charge in [-0.25, -0.2) is 15.0 Å². The smallest absolute Gasteiger partial charge is 0.164 e. The molecule has 1 aliphatic carbocycles. The van der Waals surface area contributed by atoms with E-state index in [-0.39, 0.29) is 0 Å². The molecular formula is C49H27N3O2. The van der Waals surface area contributed by atoms with Crippen LogP contribution >= 0.6 is 0 Å². The molecule has 3 heterocycles. The van der Waals surface area contributed by atoms with Crippen LogP contribution in [0.4, 0.5) is 0 Å². The quantitative estimate of drug-likeness (QED) is 0.184. The largest absolute Gasteiger partial charge is 0.456 e. The molecule has 250 valence electrons. The summed E-state index contributed by atoms with van der Waals surface area (Å²) in [5.74, 6) is 1.75. The number of aromatic nitrogens is 3. The average Bonchev–Trinajstić information content (AvgIpc) is 3.91. The predicted molar refractivity (Wildman–Crippen MR) is 218 cm³/mol. The molecule has 5 heteroatoms. The lowest BCUT2D eigenvalue weighted by molar-refractivity contribution is 0.668. The van der Waals surface area contributed by atoms with E-state index in [9.17, 15) is 0 Å². The van der Waals surface area contributed by atoms with Gasteiger partial charge in [0.25, 0.3) is 0 Å². The van der Waals surface area contributed by atoms with Gasteiger partial charge in [-0.2, -0.15) is 0 Å². The zero-order valence-corrected chi connectivity index (χ0v) is 28.7. The van der Waals surface area contributed by atoms with Crippen molar-refractivity contribution < 1.29 is 8.83 Å². The molecule has 0 N–H and O–H groups in total. The molecule has 0 saturated heterocycles. The summed E-state index contributed by atoms with van der Waals surface area (Å²) < 4.78 is 12.8. The molecule has 0 saturated carbocycles. The van der Waals surface area contributed by atoms with E-state index in [1.165, 1.54) is 33.0 Å². The van der Waals surface area contributed by atoms with Crippen molar-refractivity contribution in [2.45, 2.75) is 0 Å². The third-order valence-corrected chi connectivity index (χ3v) is 10.9. The standard InChI is InChI=1S/C49H27N3O2/c1-2-10-28(11-3-1)30-23-25-41-39(26-30)46-37(18-9-21-43(46)54-41)49-51-47(31-22-24-32-33-15-6-12-29-13-7-16-34(44(29)33)38(32)27-31)50-48(52-49)36-17-8-20-42-45(36)35-14-4-5-19-40(35)53-42/h1-27H. The summed E-state index contributed by atoms with van der Waals surface area (Å²) in [4.78, 5) is 15.8. The molecule has 1 aliphatic rings. The first-order valence-electron chi connectivity index (χ1n) is 18.1. The lowest BCUT2D eigenvalue weighted by Crippen LogP contribution is -2.01. The van der Waals surface area contributed by atoms with Crippen LogP contribution in [-0.2, 0) is 0 Å². The highest BCUT2D eigenvalue weighted by molar-refractivity contribution is 6.16. The van der Waals surface area contributed by atoms with Crippen LogP contribution in [0.25, 0.3) is 122 Å². The minimum Gasteiger partial charge on any atom is -0.456 e. The lowest BCUT2D eigenvalue weighted by Gasteiger charge is -2.11. The summed E-state index contributed by atoms with van der Waals surface area (Å²) in [6, 6.07) is 56.8. The molecule has 0 amide bonds. The van der Waals surface area contributed by atoms with Crippen molar-refractivity contribution in [3.63, 3.8) is 0 Å². The molecule has 54 heavy (non-hydrogen) atoms. The van der Waals surface area contributed by atoms with Crippen LogP contribution in [-0.4, -0.2) is 15.0 Å². The molecule has 5 nitrogen and oxygen atoms in total. The zero-order valence-electron chi connectivity index (χ0n) is 28.7. The van der Waals surface area contributed by atoms with Crippen LogP contribution in [0.3, 0.4) is 0 Å². The number of benzene rings is 8. The van der Waals surface area contributed by atoms with Crippen LogP contribution in [0.1, 0.15) is 0 Å². The fourth-order valence-corrected chi connectivity index (χ4v) is 8.46. The highest BCUT2D eigenvalue weighted by Gasteiger charge is 2.24. The van der Waals surface area contributed by atoms with Gasteiger partial charge in [0.1, 0.15) is 22.3 Å². The van der Waals surface area contributed by atoms with Crippen molar-refractivity contribution in [2.75, 3.05) is 0 Å². The average molecular weight is 690 g/mol. The fraction of sp³-hybridized carbons (Fsp3) is 0. The Morgan fingerprint density at radius 2 is 0.870 bits per heavy atom. The zero-order chi connectivity index (χ0) is 35.3. The second-order valence-corrected chi connectivity index (χ2v) is 13.9. The Kier molecular flexibility index (Phi) is 5.99. The summed E-state index contributed by atoms with van der Waals surface area (Å²) in [7, 11) is 0. The van der Waals surface area contributed by atoms with Gasteiger partial charge in [-0.1, -0.05) is 127 Å². The Hall–Kier alpha value is -7.37. The Morgan fingerprint density at radius 1 is 0.296 bits per heavy atom. The normalized spacial score (nSPS) is 12.1. The van der Waals surface area contributed by atoms with E-state index >= 15 is 0 Å². The minimum atomic E-state index is 0.573. The van der Waals surface area contributed by atoms with Gasteiger partial charge in [0, 0.05) is 38.2 Å². The molecule has 12 rings (SSSR count). The van der Waals surface area contributed by atoms with E-state index in [4.69, 9.17) is 23.8 Å². The second-order valence-electron chi connectivity index (χ2n) is 13.9. The first kappa shape index (κ1) is 29.2. The maximum atomic E-state index is 6.46. The second kappa shape index (κ2) is 11.1. The molecular weight excluding hydrogens is 663 g/mol. The highest BCUT2D eigenvalue weighted by atomic mass is 16.3. The number of hydrogen-bond acceptors (Lipinski definition) is 5. The molecule has 8 aromatic carbocycles. The van der Waals surface area contributed by atoms with Gasteiger partial charge in [0.15, 0.2) is 17.5 Å². The Labute approximate surface area is 308 Å². The minimum absolute atomic E-state index is 0.573. The molecule has 0 radical (unpaired) electrons. The van der Waals surface area contributed by atoms with E-state index < -0.39 is 0 Å². The highest BCUT2D eigenvalue weighted by Crippen LogP contribution is 2.48. The summed E-state index contributed by atoms with van der Waals surface area (Å²) in [6.45, 7) is 0. The Balaban J connectivity index is 1.12. The third-order valence-electron chi connectivity index (χ3n) is 10.9. The van der Waals surface area contributed by atoms with Gasteiger partial charge in [-0.15, -0.1) is 0 Å². The van der Waals surface area contributed by atoms with E-state index in [2.05, 4.69) is 115 Å². The number of para-hydroxylation sites is 1. The maximum Gasteiger partial charge on any atom is 0.164 e. The van der Waals surface area contributed by atoms with Crippen molar-refractivity contribution in [2.24, 2.45) is 0 Å². The van der Waals surface area contributed by atoms with Gasteiger partial charge in [-0.05, 0) is 80.6 Å². The van der Waals surface area contributed by atoms with Crippen molar-refractivity contribution in [1.82, 2.24) is 15.0 Å². The number of hydrogen-bond donors (Lipinski definition) is 0. The van der Waals surface area contributed by atoms with E-state index in [1.807, 2.05) is 48.5 Å². The Morgan fingerprint density at radius 3 is 1.63 bits per heavy atom. The summed E-state index contributed by atoms with van der Waals surface area (Å²) in [5.41, 5.74) is 13.0. The maximum absolute atomic E-state index is 6.46. The van der Waals surface area contributed by atoms with E-state index in [0.29, 0.717) is 17.5 Å². The van der Waals surface area contributed by atoms with Crippen LogP contribution in [0.15, 0.2) is 173 Å². The number of furan rings is 2. The molecule has 0 aliphatic heterocycles. The molecule has 3 aromatic heterocycles. The molecule has 0 atom stereocenters. The van der Waals surface area contributed by atoms with Gasteiger partial charge >= 0.3 is 0 Å². The number of fused-ring (bicyclic) bond motifs is 9.